The minimum Gasteiger partial charge on any atom is -0.497 e. The van der Waals surface area contributed by atoms with E-state index in [-0.39, 0.29) is 5.91 Å². The lowest BCUT2D eigenvalue weighted by atomic mass is 10.2. The van der Waals surface area contributed by atoms with Crippen molar-refractivity contribution in [2.75, 3.05) is 26.6 Å². The average molecular weight is 411 g/mol. The number of rotatable bonds is 6. The van der Waals surface area contributed by atoms with E-state index in [9.17, 15) is 4.79 Å². The van der Waals surface area contributed by atoms with Crippen LogP contribution in [0.1, 0.15) is 10.4 Å². The van der Waals surface area contributed by atoms with E-state index in [0.29, 0.717) is 38.7 Å². The van der Waals surface area contributed by atoms with Gasteiger partial charge in [-0.05, 0) is 36.4 Å². The molecule has 9 nitrogen and oxygen atoms in total. The molecule has 0 saturated heterocycles. The van der Waals surface area contributed by atoms with E-state index in [1.165, 1.54) is 11.3 Å². The highest BCUT2D eigenvalue weighted by Gasteiger charge is 2.17. The molecular weight excluding hydrogens is 394 g/mol. The molecule has 0 bridgehead atoms. The van der Waals surface area contributed by atoms with Gasteiger partial charge in [-0.1, -0.05) is 17.4 Å². The Labute approximate surface area is 169 Å². The van der Waals surface area contributed by atoms with E-state index in [1.807, 2.05) is 6.07 Å². The molecule has 2 aromatic carbocycles. The van der Waals surface area contributed by atoms with E-state index in [2.05, 4.69) is 20.6 Å². The van der Waals surface area contributed by atoms with Gasteiger partial charge in [0, 0.05) is 11.1 Å². The summed E-state index contributed by atoms with van der Waals surface area (Å²) < 4.78 is 17.3. The summed E-state index contributed by atoms with van der Waals surface area (Å²) in [6.07, 6.45) is 0. The summed E-state index contributed by atoms with van der Waals surface area (Å²) in [5, 5.41) is 16.0. The van der Waals surface area contributed by atoms with E-state index in [1.54, 1.807) is 62.2 Å². The molecule has 29 heavy (non-hydrogen) atoms. The summed E-state index contributed by atoms with van der Waals surface area (Å²) in [6.45, 7) is 0. The SMILES string of the molecule is COc1cccc(C(=O)Nc2nn3c(-c4ccc(OC)c(OC)c4)nnc3s2)c1. The number of ether oxygens (including phenoxy) is 3. The lowest BCUT2D eigenvalue weighted by Gasteiger charge is -2.08. The first kappa shape index (κ1) is 18.7. The molecule has 4 aromatic rings. The molecule has 1 amide bonds. The molecule has 0 aliphatic carbocycles. The number of methoxy groups -OCH3 is 3. The standard InChI is InChI=1S/C19H17N5O4S/c1-26-13-6-4-5-12(9-13)17(25)20-18-23-24-16(21-22-19(24)29-18)11-7-8-14(27-2)15(10-11)28-3/h4-10H,1-3H3,(H,20,23,25). The van der Waals surface area contributed by atoms with Gasteiger partial charge in [-0.25, -0.2) is 0 Å². The van der Waals surface area contributed by atoms with Crippen LogP contribution in [0.15, 0.2) is 42.5 Å². The van der Waals surface area contributed by atoms with Crippen molar-refractivity contribution in [3.8, 4) is 28.6 Å². The highest BCUT2D eigenvalue weighted by atomic mass is 32.1. The number of nitrogens with one attached hydrogen (secondary N) is 1. The molecule has 0 atom stereocenters. The number of fused-ring (bicyclic) bond motifs is 1. The molecule has 0 radical (unpaired) electrons. The van der Waals surface area contributed by atoms with Crippen LogP contribution in [0.5, 0.6) is 17.2 Å². The van der Waals surface area contributed by atoms with E-state index < -0.39 is 0 Å². The first-order valence-electron chi connectivity index (χ1n) is 8.53. The predicted octanol–water partition coefficient (Wildman–Crippen LogP) is 3.13. The van der Waals surface area contributed by atoms with Gasteiger partial charge in [0.25, 0.3) is 5.91 Å². The van der Waals surface area contributed by atoms with Crippen LogP contribution in [0.3, 0.4) is 0 Å². The smallest absolute Gasteiger partial charge is 0.257 e. The van der Waals surface area contributed by atoms with Crippen molar-refractivity contribution in [1.29, 1.82) is 0 Å². The quantitative estimate of drug-likeness (QED) is 0.520. The Kier molecular flexibility index (Phi) is 5.00. The Balaban J connectivity index is 1.63. The number of aromatic nitrogens is 4. The molecule has 10 heteroatoms. The summed E-state index contributed by atoms with van der Waals surface area (Å²) in [6, 6.07) is 12.3. The third-order valence-electron chi connectivity index (χ3n) is 4.18. The first-order chi connectivity index (χ1) is 14.1. The fourth-order valence-electron chi connectivity index (χ4n) is 2.76. The lowest BCUT2D eigenvalue weighted by Crippen LogP contribution is -2.12. The predicted molar refractivity (Wildman–Crippen MR) is 108 cm³/mol. The van der Waals surface area contributed by atoms with Crippen LogP contribution >= 0.6 is 11.3 Å². The number of carbonyl (C=O) groups is 1. The van der Waals surface area contributed by atoms with Crippen molar-refractivity contribution in [2.24, 2.45) is 0 Å². The summed E-state index contributed by atoms with van der Waals surface area (Å²) in [5.74, 6) is 2.03. The molecule has 1 N–H and O–H groups in total. The van der Waals surface area contributed by atoms with Crippen molar-refractivity contribution in [1.82, 2.24) is 19.8 Å². The van der Waals surface area contributed by atoms with E-state index >= 15 is 0 Å². The summed E-state index contributed by atoms with van der Waals surface area (Å²) >= 11 is 1.22. The highest BCUT2D eigenvalue weighted by molar-refractivity contribution is 7.20. The maximum atomic E-state index is 12.5. The molecule has 148 valence electrons. The molecule has 0 saturated carbocycles. The second kappa shape index (κ2) is 7.76. The molecule has 0 aliphatic rings. The Morgan fingerprint density at radius 2 is 1.83 bits per heavy atom. The zero-order valence-electron chi connectivity index (χ0n) is 15.9. The van der Waals surface area contributed by atoms with Crippen LogP contribution in [0, 0.1) is 0 Å². The summed E-state index contributed by atoms with van der Waals surface area (Å²) in [4.78, 5) is 13.1. The first-order valence-corrected chi connectivity index (χ1v) is 9.34. The van der Waals surface area contributed by atoms with Crippen molar-refractivity contribution in [3.63, 3.8) is 0 Å². The number of amides is 1. The molecule has 0 fully saturated rings. The number of hydrogen-bond acceptors (Lipinski definition) is 8. The van der Waals surface area contributed by atoms with Gasteiger partial charge in [0.1, 0.15) is 5.75 Å². The number of nitrogens with zero attached hydrogens (tertiary/aromatic N) is 4. The number of anilines is 1. The van der Waals surface area contributed by atoms with Crippen molar-refractivity contribution < 1.29 is 19.0 Å². The zero-order chi connectivity index (χ0) is 20.4. The van der Waals surface area contributed by atoms with Crippen molar-refractivity contribution in [3.05, 3.63) is 48.0 Å². The summed E-state index contributed by atoms with van der Waals surface area (Å²) in [7, 11) is 4.69. The van der Waals surface area contributed by atoms with Gasteiger partial charge < -0.3 is 14.2 Å². The van der Waals surface area contributed by atoms with E-state index in [4.69, 9.17) is 14.2 Å². The van der Waals surface area contributed by atoms with Crippen LogP contribution < -0.4 is 19.5 Å². The largest absolute Gasteiger partial charge is 0.497 e. The van der Waals surface area contributed by atoms with Crippen molar-refractivity contribution in [2.45, 2.75) is 0 Å². The number of benzene rings is 2. The van der Waals surface area contributed by atoms with Crippen LogP contribution in [-0.4, -0.2) is 47.0 Å². The van der Waals surface area contributed by atoms with Crippen molar-refractivity contribution >= 4 is 27.3 Å². The fraction of sp³-hybridized carbons (Fsp3) is 0.158. The number of hydrogen-bond donors (Lipinski definition) is 1. The van der Waals surface area contributed by atoms with Gasteiger partial charge in [0.05, 0.1) is 21.3 Å². The van der Waals surface area contributed by atoms with Gasteiger partial charge >= 0.3 is 0 Å². The minimum atomic E-state index is -0.290. The highest BCUT2D eigenvalue weighted by Crippen LogP contribution is 2.32. The van der Waals surface area contributed by atoms with Gasteiger partial charge in [-0.3, -0.25) is 10.1 Å². The fourth-order valence-corrected chi connectivity index (χ4v) is 3.49. The molecule has 4 rings (SSSR count). The Morgan fingerprint density at radius 1 is 1.00 bits per heavy atom. The zero-order valence-corrected chi connectivity index (χ0v) is 16.7. The third-order valence-corrected chi connectivity index (χ3v) is 5.00. The van der Waals surface area contributed by atoms with Crippen LogP contribution in [0.2, 0.25) is 0 Å². The van der Waals surface area contributed by atoms with Gasteiger partial charge in [0.15, 0.2) is 17.3 Å². The minimum absolute atomic E-state index is 0.290. The Bertz CT molecular complexity index is 1190. The van der Waals surface area contributed by atoms with Gasteiger partial charge in [-0.15, -0.1) is 15.3 Å². The van der Waals surface area contributed by atoms with Crippen LogP contribution in [-0.2, 0) is 0 Å². The Morgan fingerprint density at radius 3 is 2.59 bits per heavy atom. The topological polar surface area (TPSA) is 99.9 Å². The average Bonchev–Trinajstić information content (AvgIpc) is 3.33. The molecule has 2 aromatic heterocycles. The molecular formula is C19H17N5O4S. The third kappa shape index (κ3) is 3.57. The maximum Gasteiger partial charge on any atom is 0.257 e. The monoisotopic (exact) mass is 411 g/mol. The normalized spacial score (nSPS) is 10.7. The Hall–Kier alpha value is -3.66. The molecule has 0 spiro atoms. The van der Waals surface area contributed by atoms with Crippen LogP contribution in [0.25, 0.3) is 16.3 Å². The number of carbonyl (C=O) groups excluding carboxylic acids is 1. The maximum absolute atomic E-state index is 12.5. The molecule has 2 heterocycles. The van der Waals surface area contributed by atoms with E-state index in [0.717, 1.165) is 5.56 Å². The van der Waals surface area contributed by atoms with Crippen LogP contribution in [0.4, 0.5) is 5.13 Å². The lowest BCUT2D eigenvalue weighted by molar-refractivity contribution is 0.102. The second-order valence-electron chi connectivity index (χ2n) is 5.88. The molecule has 0 aliphatic heterocycles. The second-order valence-corrected chi connectivity index (χ2v) is 6.84. The van der Waals surface area contributed by atoms with Gasteiger partial charge in [-0.2, -0.15) is 4.52 Å². The van der Waals surface area contributed by atoms with Gasteiger partial charge in [0.2, 0.25) is 10.1 Å². The summed E-state index contributed by atoms with van der Waals surface area (Å²) in [5.41, 5.74) is 1.22. The molecule has 0 unspecified atom stereocenters.